The van der Waals surface area contributed by atoms with Crippen LogP contribution in [0.2, 0.25) is 0 Å². The molecule has 70 valence electrons. The molecule has 2 rings (SSSR count). The number of carbonyl (C=O) groups is 1. The molecule has 14 heavy (non-hydrogen) atoms. The van der Waals surface area contributed by atoms with Crippen LogP contribution in [0.4, 0.5) is 0 Å². The molecule has 3 heteroatoms. The van der Waals surface area contributed by atoms with E-state index in [1.54, 1.807) is 0 Å². The predicted molar refractivity (Wildman–Crippen MR) is 51.0 cm³/mol. The Balaban J connectivity index is 2.64. The van der Waals surface area contributed by atoms with Crippen molar-refractivity contribution in [2.75, 3.05) is 0 Å². The normalized spacial score (nSPS) is 14.7. The van der Waals surface area contributed by atoms with Gasteiger partial charge in [-0.2, -0.15) is 5.26 Å². The second-order valence-electron chi connectivity index (χ2n) is 3.51. The standard InChI is InChI=1S/C11H10N2O/c1-7-8(5-12)6-13-11-9(7)3-2-4-10(11)14/h6H,2-4H2,1H3. The topological polar surface area (TPSA) is 53.8 Å². The van der Waals surface area contributed by atoms with Crippen LogP contribution in [0.5, 0.6) is 0 Å². The number of ketones is 1. The molecule has 1 heterocycles. The van der Waals surface area contributed by atoms with E-state index in [9.17, 15) is 4.79 Å². The number of hydrogen-bond acceptors (Lipinski definition) is 3. The molecule has 0 radical (unpaired) electrons. The molecular weight excluding hydrogens is 176 g/mol. The molecule has 0 saturated heterocycles. The molecule has 0 spiro atoms. The van der Waals surface area contributed by atoms with Crippen molar-refractivity contribution in [3.8, 4) is 6.07 Å². The molecule has 1 aliphatic rings. The number of Topliss-reactive ketones (excluding diaryl/α,β-unsaturated/α-hetero) is 1. The summed E-state index contributed by atoms with van der Waals surface area (Å²) in [6.45, 7) is 1.89. The Morgan fingerprint density at radius 1 is 1.50 bits per heavy atom. The highest BCUT2D eigenvalue weighted by molar-refractivity contribution is 5.97. The van der Waals surface area contributed by atoms with E-state index >= 15 is 0 Å². The number of nitrogens with zero attached hydrogens (tertiary/aromatic N) is 2. The third-order valence-electron chi connectivity index (χ3n) is 2.68. The van der Waals surface area contributed by atoms with Gasteiger partial charge in [0, 0.05) is 12.6 Å². The van der Waals surface area contributed by atoms with Gasteiger partial charge in [-0.15, -0.1) is 0 Å². The number of carbonyl (C=O) groups excluding carboxylic acids is 1. The third kappa shape index (κ3) is 1.20. The second-order valence-corrected chi connectivity index (χ2v) is 3.51. The van der Waals surface area contributed by atoms with Crippen LogP contribution in [0, 0.1) is 18.3 Å². The molecular formula is C11H10N2O. The maximum atomic E-state index is 11.5. The van der Waals surface area contributed by atoms with Crippen molar-refractivity contribution >= 4 is 5.78 Å². The Hall–Kier alpha value is -1.69. The summed E-state index contributed by atoms with van der Waals surface area (Å²) >= 11 is 0. The maximum Gasteiger partial charge on any atom is 0.181 e. The Morgan fingerprint density at radius 3 is 3.00 bits per heavy atom. The Labute approximate surface area is 82.4 Å². The minimum Gasteiger partial charge on any atom is -0.292 e. The molecule has 0 aliphatic heterocycles. The highest BCUT2D eigenvalue weighted by Gasteiger charge is 2.21. The number of aromatic nitrogens is 1. The van der Waals surface area contributed by atoms with Gasteiger partial charge in [-0.25, -0.2) is 0 Å². The smallest absolute Gasteiger partial charge is 0.181 e. The van der Waals surface area contributed by atoms with Crippen molar-refractivity contribution in [2.45, 2.75) is 26.2 Å². The van der Waals surface area contributed by atoms with Gasteiger partial charge in [0.25, 0.3) is 0 Å². The van der Waals surface area contributed by atoms with E-state index in [0.29, 0.717) is 17.7 Å². The molecule has 0 saturated carbocycles. The van der Waals surface area contributed by atoms with Crippen molar-refractivity contribution < 1.29 is 4.79 Å². The Morgan fingerprint density at radius 2 is 2.29 bits per heavy atom. The fourth-order valence-electron chi connectivity index (χ4n) is 1.85. The van der Waals surface area contributed by atoms with Gasteiger partial charge < -0.3 is 0 Å². The highest BCUT2D eigenvalue weighted by atomic mass is 16.1. The van der Waals surface area contributed by atoms with E-state index in [1.165, 1.54) is 6.20 Å². The molecule has 1 aromatic rings. The molecule has 3 nitrogen and oxygen atoms in total. The number of pyridine rings is 1. The summed E-state index contributed by atoms with van der Waals surface area (Å²) in [5.41, 5.74) is 3.05. The first-order chi connectivity index (χ1) is 6.74. The van der Waals surface area contributed by atoms with Crippen LogP contribution in [-0.4, -0.2) is 10.8 Å². The monoisotopic (exact) mass is 186 g/mol. The van der Waals surface area contributed by atoms with E-state index in [2.05, 4.69) is 11.1 Å². The maximum absolute atomic E-state index is 11.5. The predicted octanol–water partition coefficient (Wildman–Crippen LogP) is 1.78. The SMILES string of the molecule is Cc1c(C#N)cnc2c1CCCC2=O. The fourth-order valence-corrected chi connectivity index (χ4v) is 1.85. The van der Waals surface area contributed by atoms with E-state index in [0.717, 1.165) is 24.0 Å². The van der Waals surface area contributed by atoms with Gasteiger partial charge in [0.2, 0.25) is 0 Å². The summed E-state index contributed by atoms with van der Waals surface area (Å²) in [6.07, 6.45) is 3.83. The van der Waals surface area contributed by atoms with Crippen molar-refractivity contribution in [2.24, 2.45) is 0 Å². The van der Waals surface area contributed by atoms with Crippen LogP contribution < -0.4 is 0 Å². The van der Waals surface area contributed by atoms with Gasteiger partial charge in [-0.05, 0) is 30.9 Å². The number of nitriles is 1. The molecule has 0 unspecified atom stereocenters. The van der Waals surface area contributed by atoms with E-state index < -0.39 is 0 Å². The average Bonchev–Trinajstić information content (AvgIpc) is 2.20. The highest BCUT2D eigenvalue weighted by Crippen LogP contribution is 2.24. The molecule has 0 atom stereocenters. The largest absolute Gasteiger partial charge is 0.292 e. The van der Waals surface area contributed by atoms with Crippen LogP contribution >= 0.6 is 0 Å². The average molecular weight is 186 g/mol. The summed E-state index contributed by atoms with van der Waals surface area (Å²) < 4.78 is 0. The van der Waals surface area contributed by atoms with Gasteiger partial charge in [-0.1, -0.05) is 0 Å². The minimum atomic E-state index is 0.110. The lowest BCUT2D eigenvalue weighted by Gasteiger charge is -2.16. The minimum absolute atomic E-state index is 0.110. The first-order valence-electron chi connectivity index (χ1n) is 4.66. The van der Waals surface area contributed by atoms with Crippen molar-refractivity contribution in [3.63, 3.8) is 0 Å². The summed E-state index contributed by atoms with van der Waals surface area (Å²) in [5, 5.41) is 8.81. The van der Waals surface area contributed by atoms with Gasteiger partial charge >= 0.3 is 0 Å². The van der Waals surface area contributed by atoms with Crippen molar-refractivity contribution in [1.29, 1.82) is 5.26 Å². The van der Waals surface area contributed by atoms with E-state index in [4.69, 9.17) is 5.26 Å². The number of hydrogen-bond donors (Lipinski definition) is 0. The van der Waals surface area contributed by atoms with Crippen LogP contribution in [0.1, 0.15) is 40.0 Å². The van der Waals surface area contributed by atoms with Crippen LogP contribution in [-0.2, 0) is 6.42 Å². The van der Waals surface area contributed by atoms with Gasteiger partial charge in [0.15, 0.2) is 5.78 Å². The second kappa shape index (κ2) is 3.22. The molecule has 0 fully saturated rings. The lowest BCUT2D eigenvalue weighted by atomic mass is 9.90. The Bertz CT molecular complexity index is 443. The zero-order valence-corrected chi connectivity index (χ0v) is 8.00. The summed E-state index contributed by atoms with van der Waals surface area (Å²) in [4.78, 5) is 15.6. The lowest BCUT2D eigenvalue weighted by Crippen LogP contribution is -2.15. The first-order valence-corrected chi connectivity index (χ1v) is 4.66. The zero-order chi connectivity index (χ0) is 10.1. The quantitative estimate of drug-likeness (QED) is 0.620. The summed E-state index contributed by atoms with van der Waals surface area (Å²) in [5.74, 6) is 0.110. The molecule has 0 N–H and O–H groups in total. The third-order valence-corrected chi connectivity index (χ3v) is 2.68. The van der Waals surface area contributed by atoms with Crippen LogP contribution in [0.3, 0.4) is 0 Å². The van der Waals surface area contributed by atoms with E-state index in [1.807, 2.05) is 6.92 Å². The van der Waals surface area contributed by atoms with Crippen LogP contribution in [0.15, 0.2) is 6.20 Å². The molecule has 0 aromatic carbocycles. The van der Waals surface area contributed by atoms with Crippen molar-refractivity contribution in [1.82, 2.24) is 4.98 Å². The fraction of sp³-hybridized carbons (Fsp3) is 0.364. The first kappa shape index (κ1) is 8.89. The van der Waals surface area contributed by atoms with Crippen molar-refractivity contribution in [3.05, 3.63) is 28.6 Å². The van der Waals surface area contributed by atoms with E-state index in [-0.39, 0.29) is 5.78 Å². The molecule has 0 amide bonds. The van der Waals surface area contributed by atoms with Gasteiger partial charge in [0.1, 0.15) is 11.8 Å². The Kier molecular flexibility index (Phi) is 2.05. The number of fused-ring (bicyclic) bond motifs is 1. The van der Waals surface area contributed by atoms with Gasteiger partial charge in [-0.3, -0.25) is 9.78 Å². The summed E-state index contributed by atoms with van der Waals surface area (Å²) in [7, 11) is 0. The summed E-state index contributed by atoms with van der Waals surface area (Å²) in [6, 6.07) is 2.09. The lowest BCUT2D eigenvalue weighted by molar-refractivity contribution is 0.0967. The molecule has 1 aliphatic carbocycles. The zero-order valence-electron chi connectivity index (χ0n) is 8.00. The molecule has 1 aromatic heterocycles. The number of rotatable bonds is 0. The van der Waals surface area contributed by atoms with Crippen LogP contribution in [0.25, 0.3) is 0 Å². The molecule has 0 bridgehead atoms. The van der Waals surface area contributed by atoms with Gasteiger partial charge in [0.05, 0.1) is 5.56 Å².